The first kappa shape index (κ1) is 19.9. The van der Waals surface area contributed by atoms with Gasteiger partial charge in [-0.1, -0.05) is 30.3 Å². The van der Waals surface area contributed by atoms with Crippen molar-refractivity contribution in [2.45, 2.75) is 25.0 Å². The van der Waals surface area contributed by atoms with Gasteiger partial charge in [-0.3, -0.25) is 14.4 Å². The van der Waals surface area contributed by atoms with E-state index in [1.807, 2.05) is 42.5 Å². The van der Waals surface area contributed by atoms with Gasteiger partial charge in [-0.05, 0) is 35.7 Å². The molecule has 0 fully saturated rings. The first-order valence-electron chi connectivity index (χ1n) is 9.09. The van der Waals surface area contributed by atoms with Crippen LogP contribution in [0.15, 0.2) is 48.5 Å². The number of rotatable bonds is 8. The summed E-state index contributed by atoms with van der Waals surface area (Å²) in [7, 11) is 0. The third kappa shape index (κ3) is 5.36. The number of hydrogen-bond donors (Lipinski definition) is 2. The van der Waals surface area contributed by atoms with Crippen LogP contribution in [0.4, 0.5) is 11.4 Å². The Kier molecular flexibility index (Phi) is 6.71. The summed E-state index contributed by atoms with van der Waals surface area (Å²) in [5.74, 6) is 0.123. The number of carbonyl (C=O) groups excluding carboxylic acids is 2. The van der Waals surface area contributed by atoms with Crippen LogP contribution < -0.4 is 10.2 Å². The van der Waals surface area contributed by atoms with Gasteiger partial charge in [0.15, 0.2) is 0 Å². The molecule has 0 saturated carbocycles. The van der Waals surface area contributed by atoms with Crippen molar-refractivity contribution < 1.29 is 19.5 Å². The Morgan fingerprint density at radius 3 is 2.75 bits per heavy atom. The molecule has 0 spiro atoms. The molecule has 2 amide bonds. The second-order valence-corrected chi connectivity index (χ2v) is 7.66. The van der Waals surface area contributed by atoms with E-state index in [1.165, 1.54) is 11.8 Å². The van der Waals surface area contributed by atoms with Crippen LogP contribution in [0.3, 0.4) is 0 Å². The van der Waals surface area contributed by atoms with Crippen molar-refractivity contribution in [3.8, 4) is 0 Å². The molecule has 6 nitrogen and oxygen atoms in total. The SMILES string of the molecule is O=C(O)CCSCc1cccc(NC(=O)CN2C(=O)CCc3ccccc32)c1. The van der Waals surface area contributed by atoms with Crippen LogP contribution in [0.25, 0.3) is 0 Å². The maximum Gasteiger partial charge on any atom is 0.304 e. The molecule has 2 aromatic carbocycles. The van der Waals surface area contributed by atoms with E-state index in [9.17, 15) is 14.4 Å². The van der Waals surface area contributed by atoms with Gasteiger partial charge < -0.3 is 15.3 Å². The Balaban J connectivity index is 1.59. The van der Waals surface area contributed by atoms with Gasteiger partial charge in [0.05, 0.1) is 6.42 Å². The van der Waals surface area contributed by atoms with E-state index in [0.717, 1.165) is 16.8 Å². The van der Waals surface area contributed by atoms with Crippen LogP contribution in [0.5, 0.6) is 0 Å². The summed E-state index contributed by atoms with van der Waals surface area (Å²) in [6.45, 7) is -0.0204. The molecule has 0 atom stereocenters. The molecule has 7 heteroatoms. The average Bonchev–Trinajstić information content (AvgIpc) is 2.68. The van der Waals surface area contributed by atoms with Crippen LogP contribution in [-0.4, -0.2) is 35.2 Å². The summed E-state index contributed by atoms with van der Waals surface area (Å²) in [4.78, 5) is 36.9. The number of hydrogen-bond acceptors (Lipinski definition) is 4. The standard InChI is InChI=1S/C21H22N2O4S/c24-19(13-23-18-7-2-1-5-16(18)8-9-20(23)25)22-17-6-3-4-15(12-17)14-28-11-10-21(26)27/h1-7,12H,8-11,13-14H2,(H,22,24)(H,26,27). The second-order valence-electron chi connectivity index (χ2n) is 6.55. The quantitative estimate of drug-likeness (QED) is 0.666. The highest BCUT2D eigenvalue weighted by Gasteiger charge is 2.25. The number of benzene rings is 2. The Labute approximate surface area is 167 Å². The molecule has 2 N–H and O–H groups in total. The van der Waals surface area contributed by atoms with Crippen molar-refractivity contribution in [2.24, 2.45) is 0 Å². The van der Waals surface area contributed by atoms with E-state index in [0.29, 0.717) is 30.0 Å². The molecule has 146 valence electrons. The van der Waals surface area contributed by atoms with E-state index >= 15 is 0 Å². The molecule has 3 rings (SSSR count). The number of aliphatic carboxylic acids is 1. The number of anilines is 2. The summed E-state index contributed by atoms with van der Waals surface area (Å²) < 4.78 is 0. The van der Waals surface area contributed by atoms with Crippen LogP contribution in [0.2, 0.25) is 0 Å². The maximum absolute atomic E-state index is 12.5. The van der Waals surface area contributed by atoms with Gasteiger partial charge in [-0.15, -0.1) is 0 Å². The maximum atomic E-state index is 12.5. The number of nitrogens with zero attached hydrogens (tertiary/aromatic N) is 1. The van der Waals surface area contributed by atoms with Crippen molar-refractivity contribution in [1.29, 1.82) is 0 Å². The van der Waals surface area contributed by atoms with Crippen molar-refractivity contribution in [3.05, 3.63) is 59.7 Å². The van der Waals surface area contributed by atoms with E-state index < -0.39 is 5.97 Å². The van der Waals surface area contributed by atoms with Gasteiger partial charge in [-0.25, -0.2) is 0 Å². The first-order chi connectivity index (χ1) is 13.5. The van der Waals surface area contributed by atoms with Crippen molar-refractivity contribution in [1.82, 2.24) is 0 Å². The summed E-state index contributed by atoms with van der Waals surface area (Å²) in [6, 6.07) is 15.1. The van der Waals surface area contributed by atoms with E-state index in [4.69, 9.17) is 5.11 Å². The Morgan fingerprint density at radius 1 is 1.11 bits per heavy atom. The predicted octanol–water partition coefficient (Wildman–Crippen LogP) is 3.31. The fourth-order valence-electron chi connectivity index (χ4n) is 3.10. The molecule has 1 heterocycles. The number of nitrogens with one attached hydrogen (secondary N) is 1. The molecule has 1 aliphatic heterocycles. The highest BCUT2D eigenvalue weighted by Crippen LogP contribution is 2.27. The second kappa shape index (κ2) is 9.41. The van der Waals surface area contributed by atoms with Crippen LogP contribution in [0.1, 0.15) is 24.0 Å². The third-order valence-corrected chi connectivity index (χ3v) is 5.46. The summed E-state index contributed by atoms with van der Waals surface area (Å²) in [5.41, 5.74) is 3.56. The largest absolute Gasteiger partial charge is 0.481 e. The summed E-state index contributed by atoms with van der Waals surface area (Å²) in [6.07, 6.45) is 1.24. The minimum Gasteiger partial charge on any atom is -0.481 e. The Bertz CT molecular complexity index is 884. The molecule has 0 aromatic heterocycles. The molecule has 28 heavy (non-hydrogen) atoms. The zero-order chi connectivity index (χ0) is 19.9. The number of carboxylic acid groups (broad SMARTS) is 1. The fourth-order valence-corrected chi connectivity index (χ4v) is 3.98. The van der Waals surface area contributed by atoms with Gasteiger partial charge in [0, 0.05) is 29.3 Å². The zero-order valence-electron chi connectivity index (χ0n) is 15.4. The van der Waals surface area contributed by atoms with E-state index in [1.54, 1.807) is 11.0 Å². The minimum absolute atomic E-state index is 0.0204. The number of fused-ring (bicyclic) bond motifs is 1. The molecule has 0 bridgehead atoms. The Morgan fingerprint density at radius 2 is 1.93 bits per heavy atom. The number of carbonyl (C=O) groups is 3. The number of para-hydroxylation sites is 1. The van der Waals surface area contributed by atoms with E-state index in [-0.39, 0.29) is 24.8 Å². The average molecular weight is 398 g/mol. The van der Waals surface area contributed by atoms with Gasteiger partial charge in [0.1, 0.15) is 6.54 Å². The number of thioether (sulfide) groups is 1. The number of aryl methyl sites for hydroxylation is 1. The Hall–Kier alpha value is -2.80. The molecular formula is C21H22N2O4S. The lowest BCUT2D eigenvalue weighted by molar-refractivity contribution is -0.136. The normalized spacial score (nSPS) is 13.1. The fraction of sp³-hybridized carbons (Fsp3) is 0.286. The molecule has 0 unspecified atom stereocenters. The lowest BCUT2D eigenvalue weighted by Crippen LogP contribution is -2.40. The highest BCUT2D eigenvalue weighted by molar-refractivity contribution is 7.98. The van der Waals surface area contributed by atoms with Crippen LogP contribution in [0, 0.1) is 0 Å². The summed E-state index contributed by atoms with van der Waals surface area (Å²) >= 11 is 1.54. The smallest absolute Gasteiger partial charge is 0.304 e. The lowest BCUT2D eigenvalue weighted by Gasteiger charge is -2.28. The molecule has 0 aliphatic carbocycles. The van der Waals surface area contributed by atoms with Crippen molar-refractivity contribution in [3.63, 3.8) is 0 Å². The van der Waals surface area contributed by atoms with Gasteiger partial charge in [0.2, 0.25) is 11.8 Å². The van der Waals surface area contributed by atoms with Crippen molar-refractivity contribution in [2.75, 3.05) is 22.5 Å². The molecular weight excluding hydrogens is 376 g/mol. The molecule has 2 aromatic rings. The molecule has 0 radical (unpaired) electrons. The zero-order valence-corrected chi connectivity index (χ0v) is 16.2. The van der Waals surface area contributed by atoms with E-state index in [2.05, 4.69) is 5.32 Å². The lowest BCUT2D eigenvalue weighted by atomic mass is 10.0. The summed E-state index contributed by atoms with van der Waals surface area (Å²) in [5, 5.41) is 11.5. The molecule has 0 saturated heterocycles. The third-order valence-electron chi connectivity index (χ3n) is 4.43. The van der Waals surface area contributed by atoms with Crippen LogP contribution >= 0.6 is 11.8 Å². The minimum atomic E-state index is -0.803. The number of amides is 2. The van der Waals surface area contributed by atoms with Crippen LogP contribution in [-0.2, 0) is 26.6 Å². The monoisotopic (exact) mass is 398 g/mol. The topological polar surface area (TPSA) is 86.7 Å². The predicted molar refractivity (Wildman–Crippen MR) is 111 cm³/mol. The van der Waals surface area contributed by atoms with Gasteiger partial charge in [0.25, 0.3) is 0 Å². The van der Waals surface area contributed by atoms with Crippen molar-refractivity contribution >= 4 is 40.9 Å². The number of carboxylic acids is 1. The van der Waals surface area contributed by atoms with Gasteiger partial charge >= 0.3 is 5.97 Å². The highest BCUT2D eigenvalue weighted by atomic mass is 32.2. The van der Waals surface area contributed by atoms with Gasteiger partial charge in [-0.2, -0.15) is 11.8 Å². The first-order valence-corrected chi connectivity index (χ1v) is 10.2. The molecule has 1 aliphatic rings.